The minimum Gasteiger partial charge on any atom is -0.355 e. The summed E-state index contributed by atoms with van der Waals surface area (Å²) in [7, 11) is -3.57. The Bertz CT molecular complexity index is 878. The van der Waals surface area contributed by atoms with Crippen molar-refractivity contribution in [1.82, 2.24) is 25.5 Å². The number of aromatic nitrogens is 4. The molecule has 0 radical (unpaired) electrons. The molecule has 152 valence electrons. The molecule has 0 aliphatic heterocycles. The highest BCUT2D eigenvalue weighted by molar-refractivity contribution is 7.91. The van der Waals surface area contributed by atoms with Crippen LogP contribution in [0.25, 0.3) is 0 Å². The highest BCUT2D eigenvalue weighted by Gasteiger charge is 2.35. The predicted octanol–water partition coefficient (Wildman–Crippen LogP) is 1.74. The second kappa shape index (κ2) is 8.76. The van der Waals surface area contributed by atoms with Crippen LogP contribution >= 0.6 is 0 Å². The minimum absolute atomic E-state index is 0.0134. The maximum absolute atomic E-state index is 13.0. The zero-order valence-corrected chi connectivity index (χ0v) is 16.4. The van der Waals surface area contributed by atoms with Gasteiger partial charge in [-0.15, -0.1) is 5.10 Å². The lowest BCUT2D eigenvalue weighted by atomic mass is 9.71. The highest BCUT2D eigenvalue weighted by Crippen LogP contribution is 2.40. The Morgan fingerprint density at radius 2 is 1.89 bits per heavy atom. The van der Waals surface area contributed by atoms with Crippen LogP contribution in [0, 0.1) is 11.2 Å². The lowest BCUT2D eigenvalue weighted by molar-refractivity contribution is -0.124. The van der Waals surface area contributed by atoms with Crippen LogP contribution in [0.15, 0.2) is 35.5 Å². The maximum Gasteiger partial charge on any atom is 0.220 e. The lowest BCUT2D eigenvalue weighted by Gasteiger charge is -2.36. The molecule has 28 heavy (non-hydrogen) atoms. The van der Waals surface area contributed by atoms with Crippen molar-refractivity contribution in [3.8, 4) is 0 Å². The average Bonchev–Trinajstić information content (AvgIpc) is 3.15. The van der Waals surface area contributed by atoms with Crippen molar-refractivity contribution in [2.45, 2.75) is 50.0 Å². The number of carbonyl (C=O) groups is 1. The number of hydrogen-bond acceptors (Lipinski definition) is 6. The van der Waals surface area contributed by atoms with Crippen molar-refractivity contribution in [3.63, 3.8) is 0 Å². The Labute approximate surface area is 163 Å². The van der Waals surface area contributed by atoms with Gasteiger partial charge in [-0.1, -0.05) is 19.3 Å². The van der Waals surface area contributed by atoms with Gasteiger partial charge >= 0.3 is 0 Å². The number of tetrazole rings is 1. The SMILES string of the molecule is O=C(CC1(Cn2cnnn2)CCCCC1)NCCS(=O)(=O)c1ccc(F)cc1. The van der Waals surface area contributed by atoms with E-state index in [-0.39, 0.29) is 28.5 Å². The Kier molecular flexibility index (Phi) is 6.38. The van der Waals surface area contributed by atoms with Crippen LogP contribution in [0.4, 0.5) is 4.39 Å². The molecule has 1 N–H and O–H groups in total. The number of hydrogen-bond donors (Lipinski definition) is 1. The number of carbonyl (C=O) groups excluding carboxylic acids is 1. The number of halogens is 1. The van der Waals surface area contributed by atoms with Crippen molar-refractivity contribution in [2.24, 2.45) is 5.41 Å². The zero-order valence-electron chi connectivity index (χ0n) is 15.6. The number of sulfone groups is 1. The molecule has 3 rings (SSSR count). The largest absolute Gasteiger partial charge is 0.355 e. The molecule has 10 heteroatoms. The molecule has 1 saturated carbocycles. The minimum atomic E-state index is -3.57. The highest BCUT2D eigenvalue weighted by atomic mass is 32.2. The van der Waals surface area contributed by atoms with Gasteiger partial charge in [0.2, 0.25) is 5.91 Å². The normalized spacial score (nSPS) is 16.6. The van der Waals surface area contributed by atoms with E-state index in [9.17, 15) is 17.6 Å². The molecule has 0 spiro atoms. The summed E-state index contributed by atoms with van der Waals surface area (Å²) in [6.07, 6.45) is 6.92. The third-order valence-corrected chi connectivity index (χ3v) is 6.94. The van der Waals surface area contributed by atoms with E-state index in [0.29, 0.717) is 13.0 Å². The summed E-state index contributed by atoms with van der Waals surface area (Å²) >= 11 is 0. The van der Waals surface area contributed by atoms with E-state index in [1.54, 1.807) is 11.0 Å². The third-order valence-electron chi connectivity index (χ3n) is 5.20. The van der Waals surface area contributed by atoms with Crippen LogP contribution in [-0.2, 0) is 21.2 Å². The van der Waals surface area contributed by atoms with Gasteiger partial charge in [-0.3, -0.25) is 4.79 Å². The van der Waals surface area contributed by atoms with Gasteiger partial charge in [0.25, 0.3) is 0 Å². The number of nitrogens with one attached hydrogen (secondary N) is 1. The average molecular weight is 409 g/mol. The second-order valence-corrected chi connectivity index (χ2v) is 9.48. The fraction of sp³-hybridized carbons (Fsp3) is 0.556. The quantitative estimate of drug-likeness (QED) is 0.666. The number of nitrogens with zero attached hydrogens (tertiary/aromatic N) is 4. The molecular formula is C18H24FN5O3S. The van der Waals surface area contributed by atoms with Crippen molar-refractivity contribution in [2.75, 3.05) is 12.3 Å². The van der Waals surface area contributed by atoms with Crippen molar-refractivity contribution >= 4 is 15.7 Å². The first-order valence-electron chi connectivity index (χ1n) is 9.34. The fourth-order valence-electron chi connectivity index (χ4n) is 3.78. The summed E-state index contributed by atoms with van der Waals surface area (Å²) in [5.41, 5.74) is -0.215. The summed E-state index contributed by atoms with van der Waals surface area (Å²) in [5.74, 6) is -0.901. The molecule has 0 saturated heterocycles. The topological polar surface area (TPSA) is 107 Å². The monoisotopic (exact) mass is 409 g/mol. The van der Waals surface area contributed by atoms with E-state index >= 15 is 0 Å². The maximum atomic E-state index is 13.0. The van der Waals surface area contributed by atoms with Crippen LogP contribution in [0.2, 0.25) is 0 Å². The molecule has 8 nitrogen and oxygen atoms in total. The summed E-state index contributed by atoms with van der Waals surface area (Å²) in [6.45, 7) is 0.584. The van der Waals surface area contributed by atoms with E-state index < -0.39 is 15.7 Å². The molecule has 1 amide bonds. The first kappa shape index (κ1) is 20.4. The van der Waals surface area contributed by atoms with Crippen LogP contribution < -0.4 is 5.32 Å². The molecule has 0 atom stereocenters. The first-order valence-corrected chi connectivity index (χ1v) is 11.0. The van der Waals surface area contributed by atoms with Gasteiger partial charge in [-0.05, 0) is 52.9 Å². The Balaban J connectivity index is 1.55. The summed E-state index contributed by atoms with van der Waals surface area (Å²) in [6, 6.07) is 4.68. The van der Waals surface area contributed by atoms with Gasteiger partial charge in [-0.25, -0.2) is 17.5 Å². The Morgan fingerprint density at radius 1 is 1.18 bits per heavy atom. The molecular weight excluding hydrogens is 385 g/mol. The van der Waals surface area contributed by atoms with E-state index in [1.165, 1.54) is 12.1 Å². The Hall–Kier alpha value is -2.36. The van der Waals surface area contributed by atoms with Crippen LogP contribution in [-0.4, -0.2) is 46.8 Å². The number of rotatable bonds is 8. The van der Waals surface area contributed by atoms with Crippen molar-refractivity contribution in [1.29, 1.82) is 0 Å². The van der Waals surface area contributed by atoms with Gasteiger partial charge in [0, 0.05) is 13.0 Å². The van der Waals surface area contributed by atoms with Gasteiger partial charge in [-0.2, -0.15) is 0 Å². The van der Waals surface area contributed by atoms with Gasteiger partial charge in [0.05, 0.1) is 17.2 Å². The van der Waals surface area contributed by atoms with E-state index in [0.717, 1.165) is 44.2 Å². The lowest BCUT2D eigenvalue weighted by Crippen LogP contribution is -2.38. The second-order valence-electron chi connectivity index (χ2n) is 7.37. The molecule has 1 aromatic heterocycles. The smallest absolute Gasteiger partial charge is 0.220 e. The Morgan fingerprint density at radius 3 is 2.54 bits per heavy atom. The molecule has 1 aromatic carbocycles. The molecule has 0 unspecified atom stereocenters. The van der Waals surface area contributed by atoms with Crippen LogP contribution in [0.3, 0.4) is 0 Å². The number of benzene rings is 1. The molecule has 0 bridgehead atoms. The molecule has 1 aliphatic carbocycles. The van der Waals surface area contributed by atoms with E-state index in [2.05, 4.69) is 20.8 Å². The van der Waals surface area contributed by atoms with Crippen molar-refractivity contribution < 1.29 is 17.6 Å². The fourth-order valence-corrected chi connectivity index (χ4v) is 4.93. The predicted molar refractivity (Wildman–Crippen MR) is 99.4 cm³/mol. The zero-order chi connectivity index (χ0) is 20.0. The standard InChI is InChI=1S/C18H24FN5O3S/c19-15-4-6-16(7-5-15)28(26,27)11-10-20-17(25)12-18(8-2-1-3-9-18)13-24-14-21-22-23-24/h4-7,14H,1-3,8-13H2,(H,20,25). The van der Waals surface area contributed by atoms with Crippen LogP contribution in [0.5, 0.6) is 0 Å². The molecule has 1 heterocycles. The van der Waals surface area contributed by atoms with E-state index in [4.69, 9.17) is 0 Å². The van der Waals surface area contributed by atoms with Gasteiger partial charge < -0.3 is 5.32 Å². The summed E-state index contributed by atoms with van der Waals surface area (Å²) in [5, 5.41) is 13.9. The summed E-state index contributed by atoms with van der Waals surface area (Å²) < 4.78 is 39.2. The molecule has 1 fully saturated rings. The third kappa shape index (κ3) is 5.34. The van der Waals surface area contributed by atoms with Gasteiger partial charge in [0.15, 0.2) is 9.84 Å². The summed E-state index contributed by atoms with van der Waals surface area (Å²) in [4.78, 5) is 12.5. The van der Waals surface area contributed by atoms with Crippen molar-refractivity contribution in [3.05, 3.63) is 36.4 Å². The van der Waals surface area contributed by atoms with Crippen LogP contribution in [0.1, 0.15) is 38.5 Å². The molecule has 2 aromatic rings. The van der Waals surface area contributed by atoms with E-state index in [1.807, 2.05) is 0 Å². The first-order chi connectivity index (χ1) is 13.4. The number of amides is 1. The van der Waals surface area contributed by atoms with Gasteiger partial charge in [0.1, 0.15) is 12.1 Å². The molecule has 1 aliphatic rings.